The molecule has 2 nitrogen and oxygen atoms in total. The van der Waals surface area contributed by atoms with Gasteiger partial charge in [-0.15, -0.1) is 0 Å². The number of rotatable bonds is 6. The van der Waals surface area contributed by atoms with E-state index in [4.69, 9.17) is 16.3 Å². The molecule has 1 atom stereocenters. The summed E-state index contributed by atoms with van der Waals surface area (Å²) in [7, 11) is 0. The molecule has 0 rings (SSSR count). The molecule has 0 aromatic carbocycles. The van der Waals surface area contributed by atoms with Crippen LogP contribution in [-0.4, -0.2) is 17.3 Å². The second-order valence-electron chi connectivity index (χ2n) is 2.07. The highest BCUT2D eigenvalue weighted by atomic mass is 32.9. The molecular formula is C6H15O2PS2. The number of hydrogen-bond donors (Lipinski definition) is 1. The van der Waals surface area contributed by atoms with E-state index >= 15 is 0 Å². The van der Waals surface area contributed by atoms with E-state index in [9.17, 15) is 4.89 Å². The first-order chi connectivity index (χ1) is 5.12. The van der Waals surface area contributed by atoms with Crippen molar-refractivity contribution in [2.24, 2.45) is 0 Å². The Morgan fingerprint density at radius 1 is 1.55 bits per heavy atom. The molecule has 0 aromatic rings. The zero-order chi connectivity index (χ0) is 8.74. The van der Waals surface area contributed by atoms with E-state index in [1.165, 1.54) is 11.4 Å². The summed E-state index contributed by atoms with van der Waals surface area (Å²) >= 11 is 6.25. The third-order valence-corrected chi connectivity index (χ3v) is 5.53. The highest BCUT2D eigenvalue weighted by molar-refractivity contribution is 8.67. The first kappa shape index (κ1) is 11.9. The van der Waals surface area contributed by atoms with Crippen LogP contribution in [0.1, 0.15) is 26.7 Å². The molecule has 0 saturated carbocycles. The van der Waals surface area contributed by atoms with Crippen LogP contribution in [0, 0.1) is 0 Å². The van der Waals surface area contributed by atoms with Gasteiger partial charge in [-0.3, -0.25) is 0 Å². The molecule has 0 spiro atoms. The first-order valence-corrected chi connectivity index (χ1v) is 8.00. The van der Waals surface area contributed by atoms with Crippen molar-refractivity contribution >= 4 is 28.9 Å². The van der Waals surface area contributed by atoms with Crippen LogP contribution >= 0.6 is 17.1 Å². The summed E-state index contributed by atoms with van der Waals surface area (Å²) < 4.78 is 5.02. The van der Waals surface area contributed by atoms with Gasteiger partial charge in [0.05, 0.1) is 6.61 Å². The van der Waals surface area contributed by atoms with Crippen LogP contribution in [-0.2, 0) is 16.3 Å². The summed E-state index contributed by atoms with van der Waals surface area (Å²) in [6.45, 7) is 4.46. The predicted molar refractivity (Wildman–Crippen MR) is 55.5 cm³/mol. The van der Waals surface area contributed by atoms with Crippen LogP contribution in [0.3, 0.4) is 0 Å². The van der Waals surface area contributed by atoms with Crippen LogP contribution < -0.4 is 0 Å². The van der Waals surface area contributed by atoms with E-state index in [0.29, 0.717) is 6.61 Å². The smallest absolute Gasteiger partial charge is 0.244 e. The van der Waals surface area contributed by atoms with Gasteiger partial charge < -0.3 is 9.42 Å². The summed E-state index contributed by atoms with van der Waals surface area (Å²) in [5, 5.41) is 0. The summed E-state index contributed by atoms with van der Waals surface area (Å²) in [5.74, 6) is 0.907. The third-order valence-electron chi connectivity index (χ3n) is 1.04. The minimum atomic E-state index is -2.47. The molecule has 5 heteroatoms. The van der Waals surface area contributed by atoms with Crippen molar-refractivity contribution < 1.29 is 9.42 Å². The number of unbranched alkanes of at least 4 members (excludes halogenated alkanes) is 1. The largest absolute Gasteiger partial charge is 0.337 e. The second-order valence-corrected chi connectivity index (χ2v) is 8.37. The van der Waals surface area contributed by atoms with E-state index in [1.54, 1.807) is 0 Å². The molecule has 0 heterocycles. The number of hydrogen-bond acceptors (Lipinski definition) is 3. The van der Waals surface area contributed by atoms with E-state index in [2.05, 4.69) is 6.92 Å². The van der Waals surface area contributed by atoms with Gasteiger partial charge in [0.1, 0.15) is 0 Å². The summed E-state index contributed by atoms with van der Waals surface area (Å²) in [5.41, 5.74) is -2.47. The lowest BCUT2D eigenvalue weighted by Gasteiger charge is -2.12. The van der Waals surface area contributed by atoms with Crippen LogP contribution in [0.2, 0.25) is 0 Å². The van der Waals surface area contributed by atoms with E-state index in [1.807, 2.05) is 6.92 Å². The fourth-order valence-electron chi connectivity index (χ4n) is 0.525. The van der Waals surface area contributed by atoms with Crippen molar-refractivity contribution in [3.05, 3.63) is 0 Å². The second kappa shape index (κ2) is 6.44. The van der Waals surface area contributed by atoms with Crippen molar-refractivity contribution in [3.63, 3.8) is 0 Å². The van der Waals surface area contributed by atoms with E-state index in [0.717, 1.165) is 18.6 Å². The molecule has 1 unspecified atom stereocenters. The molecule has 11 heavy (non-hydrogen) atoms. The normalized spacial score (nSPS) is 16.3. The maximum Gasteiger partial charge on any atom is 0.244 e. The molecule has 68 valence electrons. The molecule has 0 aromatic heterocycles. The van der Waals surface area contributed by atoms with Gasteiger partial charge in [-0.1, -0.05) is 24.7 Å². The zero-order valence-corrected chi connectivity index (χ0v) is 9.48. The molecule has 0 fully saturated rings. The molecule has 0 amide bonds. The molecule has 0 radical (unpaired) electrons. The minimum absolute atomic E-state index is 0.507. The Hall–Kier alpha value is 0.920. The van der Waals surface area contributed by atoms with Crippen molar-refractivity contribution in [3.8, 4) is 0 Å². The fraction of sp³-hybridized carbons (Fsp3) is 1.00. The Bertz CT molecular complexity index is 141. The van der Waals surface area contributed by atoms with Gasteiger partial charge >= 0.3 is 0 Å². The highest BCUT2D eigenvalue weighted by Gasteiger charge is 2.11. The Morgan fingerprint density at radius 3 is 2.64 bits per heavy atom. The van der Waals surface area contributed by atoms with Crippen LogP contribution in [0.5, 0.6) is 0 Å². The van der Waals surface area contributed by atoms with Crippen molar-refractivity contribution in [1.29, 1.82) is 0 Å². The lowest BCUT2D eigenvalue weighted by atomic mass is 10.4. The lowest BCUT2D eigenvalue weighted by Crippen LogP contribution is -1.85. The van der Waals surface area contributed by atoms with Crippen LogP contribution in [0.15, 0.2) is 0 Å². The maximum atomic E-state index is 9.41. The van der Waals surface area contributed by atoms with Gasteiger partial charge in [-0.2, -0.15) is 0 Å². The van der Waals surface area contributed by atoms with Crippen LogP contribution in [0.25, 0.3) is 0 Å². The van der Waals surface area contributed by atoms with Crippen LogP contribution in [0.4, 0.5) is 0 Å². The maximum absolute atomic E-state index is 9.41. The summed E-state index contributed by atoms with van der Waals surface area (Å²) in [4.78, 5) is 9.41. The fourth-order valence-corrected chi connectivity index (χ4v) is 4.18. The van der Waals surface area contributed by atoms with Crippen molar-refractivity contribution in [1.82, 2.24) is 0 Å². The molecule has 0 saturated heterocycles. The molecule has 0 aliphatic carbocycles. The average Bonchev–Trinajstić information content (AvgIpc) is 1.87. The van der Waals surface area contributed by atoms with E-state index < -0.39 is 5.69 Å². The third kappa shape index (κ3) is 7.29. The molecule has 0 bridgehead atoms. The SMILES string of the molecule is CCCCSP(O)(=S)OCC. The van der Waals surface area contributed by atoms with Gasteiger partial charge in [-0.05, 0) is 25.2 Å². The monoisotopic (exact) mass is 214 g/mol. The molecule has 0 aliphatic heterocycles. The molecular weight excluding hydrogens is 199 g/mol. The summed E-state index contributed by atoms with van der Waals surface area (Å²) in [6, 6.07) is 0. The van der Waals surface area contributed by atoms with E-state index in [-0.39, 0.29) is 0 Å². The van der Waals surface area contributed by atoms with Gasteiger partial charge in [0, 0.05) is 5.75 Å². The Kier molecular flexibility index (Phi) is 6.98. The highest BCUT2D eigenvalue weighted by Crippen LogP contribution is 2.56. The summed E-state index contributed by atoms with van der Waals surface area (Å²) in [6.07, 6.45) is 2.23. The van der Waals surface area contributed by atoms with Gasteiger partial charge in [-0.25, -0.2) is 0 Å². The minimum Gasteiger partial charge on any atom is -0.337 e. The van der Waals surface area contributed by atoms with Gasteiger partial charge in [0.15, 0.2) is 0 Å². The van der Waals surface area contributed by atoms with Gasteiger partial charge in [0.2, 0.25) is 5.69 Å². The predicted octanol–water partition coefficient (Wildman–Crippen LogP) is 2.77. The molecule has 0 aliphatic rings. The van der Waals surface area contributed by atoms with Crippen molar-refractivity contribution in [2.45, 2.75) is 26.7 Å². The quantitative estimate of drug-likeness (QED) is 0.544. The molecule has 1 N–H and O–H groups in total. The Morgan fingerprint density at radius 2 is 2.18 bits per heavy atom. The van der Waals surface area contributed by atoms with Gasteiger partial charge in [0.25, 0.3) is 0 Å². The average molecular weight is 214 g/mol. The zero-order valence-electron chi connectivity index (χ0n) is 6.95. The lowest BCUT2D eigenvalue weighted by molar-refractivity contribution is 0.340. The topological polar surface area (TPSA) is 29.5 Å². The Balaban J connectivity index is 3.47. The first-order valence-electron chi connectivity index (χ1n) is 3.74. The van der Waals surface area contributed by atoms with Crippen molar-refractivity contribution in [2.75, 3.05) is 12.4 Å². The standard InChI is InChI=1S/C6H15O2PS2/c1-3-5-6-11-9(7,10)8-4-2/h3-6H2,1-2H3,(H,7,10). The Labute approximate surface area is 77.6 Å².